The predicted octanol–water partition coefficient (Wildman–Crippen LogP) is 1.70. The van der Waals surface area contributed by atoms with Gasteiger partial charge in [0, 0.05) is 18.4 Å². The van der Waals surface area contributed by atoms with Gasteiger partial charge in [-0.3, -0.25) is 14.4 Å². The summed E-state index contributed by atoms with van der Waals surface area (Å²) in [7, 11) is 0. The van der Waals surface area contributed by atoms with Crippen LogP contribution in [0.3, 0.4) is 0 Å². The first-order chi connectivity index (χ1) is 10.6. The lowest BCUT2D eigenvalue weighted by Gasteiger charge is -2.19. The molecule has 3 rings (SSSR count). The average Bonchev–Trinajstić information content (AvgIpc) is 3.01. The molecule has 1 fully saturated rings. The SMILES string of the molecule is Cc1cc(-n2cncn2)ccc1C(=O)C1C(=O)CCCC1=O. The number of aromatic nitrogens is 3. The Balaban J connectivity index is 1.93. The molecule has 1 aliphatic carbocycles. The highest BCUT2D eigenvalue weighted by Crippen LogP contribution is 2.24. The van der Waals surface area contributed by atoms with Gasteiger partial charge in [-0.2, -0.15) is 5.10 Å². The van der Waals surface area contributed by atoms with Crippen molar-refractivity contribution in [3.05, 3.63) is 42.0 Å². The Morgan fingerprint density at radius 2 is 1.95 bits per heavy atom. The summed E-state index contributed by atoms with van der Waals surface area (Å²) in [6.45, 7) is 1.78. The Hall–Kier alpha value is -2.63. The van der Waals surface area contributed by atoms with Crippen molar-refractivity contribution >= 4 is 17.3 Å². The second-order valence-corrected chi connectivity index (χ2v) is 5.42. The van der Waals surface area contributed by atoms with Crippen LogP contribution in [0.4, 0.5) is 0 Å². The fraction of sp³-hybridized carbons (Fsp3) is 0.312. The van der Waals surface area contributed by atoms with E-state index >= 15 is 0 Å². The molecule has 0 saturated heterocycles. The molecule has 22 heavy (non-hydrogen) atoms. The predicted molar refractivity (Wildman–Crippen MR) is 77.8 cm³/mol. The first kappa shape index (κ1) is 14.3. The molecule has 6 nitrogen and oxygen atoms in total. The minimum absolute atomic E-state index is 0.263. The topological polar surface area (TPSA) is 81.9 Å². The lowest BCUT2D eigenvalue weighted by Crippen LogP contribution is -2.35. The molecule has 1 saturated carbocycles. The number of aryl methyl sites for hydroxylation is 1. The highest BCUT2D eigenvalue weighted by Gasteiger charge is 2.36. The molecule has 0 unspecified atom stereocenters. The van der Waals surface area contributed by atoms with Gasteiger partial charge in [-0.05, 0) is 37.1 Å². The number of nitrogens with zero attached hydrogens (tertiary/aromatic N) is 3. The van der Waals surface area contributed by atoms with Crippen molar-refractivity contribution in [2.75, 3.05) is 0 Å². The smallest absolute Gasteiger partial charge is 0.181 e. The summed E-state index contributed by atoms with van der Waals surface area (Å²) in [5.74, 6) is -2.04. The second-order valence-electron chi connectivity index (χ2n) is 5.42. The summed E-state index contributed by atoms with van der Waals surface area (Å²) in [5.41, 5.74) is 1.90. The van der Waals surface area contributed by atoms with Gasteiger partial charge in [0.1, 0.15) is 18.6 Å². The van der Waals surface area contributed by atoms with Gasteiger partial charge in [-0.1, -0.05) is 0 Å². The number of carbonyl (C=O) groups is 3. The number of carbonyl (C=O) groups excluding carboxylic acids is 3. The minimum Gasteiger partial charge on any atom is -0.298 e. The Bertz CT molecular complexity index is 734. The third-order valence-electron chi connectivity index (χ3n) is 3.91. The van der Waals surface area contributed by atoms with E-state index in [1.165, 1.54) is 6.33 Å². The molecule has 0 aliphatic heterocycles. The van der Waals surface area contributed by atoms with Crippen LogP contribution in [0.25, 0.3) is 5.69 Å². The number of ketones is 3. The fourth-order valence-corrected chi connectivity index (χ4v) is 2.76. The normalized spacial score (nSPS) is 16.0. The van der Waals surface area contributed by atoms with Gasteiger partial charge in [0.05, 0.1) is 5.69 Å². The van der Waals surface area contributed by atoms with E-state index in [2.05, 4.69) is 10.1 Å². The lowest BCUT2D eigenvalue weighted by atomic mass is 9.81. The zero-order valence-corrected chi connectivity index (χ0v) is 12.2. The first-order valence-electron chi connectivity index (χ1n) is 7.13. The Morgan fingerprint density at radius 3 is 2.55 bits per heavy atom. The highest BCUT2D eigenvalue weighted by atomic mass is 16.2. The standard InChI is InChI=1S/C16H15N3O3/c1-10-7-11(19-9-17-8-18-19)5-6-12(10)16(22)15-13(20)3-2-4-14(15)21/h5-9,15H,2-4H2,1H3. The molecule has 1 aromatic heterocycles. The monoisotopic (exact) mass is 297 g/mol. The summed E-state index contributed by atoms with van der Waals surface area (Å²) in [4.78, 5) is 40.3. The Labute approximate surface area is 127 Å². The molecule has 0 amide bonds. The zero-order chi connectivity index (χ0) is 15.7. The molecular weight excluding hydrogens is 282 g/mol. The molecule has 1 aliphatic rings. The number of hydrogen-bond donors (Lipinski definition) is 0. The van der Waals surface area contributed by atoms with Gasteiger partial charge >= 0.3 is 0 Å². The van der Waals surface area contributed by atoms with Crippen molar-refractivity contribution in [3.8, 4) is 5.69 Å². The van der Waals surface area contributed by atoms with E-state index in [1.807, 2.05) is 0 Å². The molecular formula is C16H15N3O3. The third-order valence-corrected chi connectivity index (χ3v) is 3.91. The van der Waals surface area contributed by atoms with Gasteiger partial charge in [-0.25, -0.2) is 9.67 Å². The van der Waals surface area contributed by atoms with Crippen LogP contribution in [0.2, 0.25) is 0 Å². The summed E-state index contributed by atoms with van der Waals surface area (Å²) >= 11 is 0. The number of Topliss-reactive ketones (excluding diaryl/α,β-unsaturated/α-hetero) is 3. The molecule has 2 aromatic rings. The average molecular weight is 297 g/mol. The van der Waals surface area contributed by atoms with Crippen LogP contribution in [-0.4, -0.2) is 32.1 Å². The molecule has 6 heteroatoms. The van der Waals surface area contributed by atoms with E-state index in [-0.39, 0.29) is 11.6 Å². The van der Waals surface area contributed by atoms with E-state index in [9.17, 15) is 14.4 Å². The maximum Gasteiger partial charge on any atom is 0.181 e. The highest BCUT2D eigenvalue weighted by molar-refractivity contribution is 6.25. The van der Waals surface area contributed by atoms with Crippen molar-refractivity contribution in [3.63, 3.8) is 0 Å². The van der Waals surface area contributed by atoms with Gasteiger partial charge < -0.3 is 0 Å². The zero-order valence-electron chi connectivity index (χ0n) is 12.2. The largest absolute Gasteiger partial charge is 0.298 e. The summed E-state index contributed by atoms with van der Waals surface area (Å²) in [5, 5.41) is 4.03. The fourth-order valence-electron chi connectivity index (χ4n) is 2.76. The van der Waals surface area contributed by atoms with Gasteiger partial charge in [0.15, 0.2) is 17.3 Å². The first-order valence-corrected chi connectivity index (χ1v) is 7.13. The summed E-state index contributed by atoms with van der Waals surface area (Å²) in [6.07, 6.45) is 4.14. The van der Waals surface area contributed by atoms with Crippen LogP contribution in [-0.2, 0) is 9.59 Å². The van der Waals surface area contributed by atoms with Crippen molar-refractivity contribution in [2.45, 2.75) is 26.2 Å². The van der Waals surface area contributed by atoms with Crippen molar-refractivity contribution in [1.29, 1.82) is 0 Å². The number of rotatable bonds is 3. The van der Waals surface area contributed by atoms with E-state index in [4.69, 9.17) is 0 Å². The maximum absolute atomic E-state index is 12.6. The minimum atomic E-state index is -1.12. The maximum atomic E-state index is 12.6. The Morgan fingerprint density at radius 1 is 1.23 bits per heavy atom. The molecule has 0 atom stereocenters. The van der Waals surface area contributed by atoms with Crippen LogP contribution in [0, 0.1) is 12.8 Å². The molecule has 112 valence electrons. The lowest BCUT2D eigenvalue weighted by molar-refractivity contribution is -0.133. The van der Waals surface area contributed by atoms with E-state index in [0.717, 1.165) is 5.69 Å². The quantitative estimate of drug-likeness (QED) is 0.636. The van der Waals surface area contributed by atoms with Gasteiger partial charge in [0.2, 0.25) is 0 Å². The van der Waals surface area contributed by atoms with Gasteiger partial charge in [0.25, 0.3) is 0 Å². The van der Waals surface area contributed by atoms with Crippen LogP contribution < -0.4 is 0 Å². The summed E-state index contributed by atoms with van der Waals surface area (Å²) < 4.78 is 1.58. The summed E-state index contributed by atoms with van der Waals surface area (Å²) in [6, 6.07) is 5.16. The molecule has 0 spiro atoms. The van der Waals surface area contributed by atoms with Gasteiger partial charge in [-0.15, -0.1) is 0 Å². The molecule has 0 bridgehead atoms. The number of hydrogen-bond acceptors (Lipinski definition) is 5. The van der Waals surface area contributed by atoms with Crippen LogP contribution in [0.15, 0.2) is 30.9 Å². The van der Waals surface area contributed by atoms with Crippen molar-refractivity contribution in [1.82, 2.24) is 14.8 Å². The molecule has 1 heterocycles. The van der Waals surface area contributed by atoms with E-state index in [0.29, 0.717) is 30.4 Å². The van der Waals surface area contributed by atoms with Crippen LogP contribution in [0.1, 0.15) is 35.2 Å². The third kappa shape index (κ3) is 2.47. The second kappa shape index (κ2) is 5.63. The van der Waals surface area contributed by atoms with Crippen molar-refractivity contribution in [2.24, 2.45) is 5.92 Å². The molecule has 1 aromatic carbocycles. The van der Waals surface area contributed by atoms with Crippen LogP contribution >= 0.6 is 0 Å². The van der Waals surface area contributed by atoms with Crippen molar-refractivity contribution < 1.29 is 14.4 Å². The molecule has 0 radical (unpaired) electrons. The van der Waals surface area contributed by atoms with E-state index < -0.39 is 11.7 Å². The van der Waals surface area contributed by atoms with E-state index in [1.54, 1.807) is 36.1 Å². The van der Waals surface area contributed by atoms with Crippen LogP contribution in [0.5, 0.6) is 0 Å². The Kier molecular flexibility index (Phi) is 3.66. The number of benzene rings is 1. The molecule has 0 N–H and O–H groups in total.